The van der Waals surface area contributed by atoms with Crippen LogP contribution in [0.3, 0.4) is 0 Å². The molecule has 5 nitrogen and oxygen atoms in total. The molecule has 0 saturated heterocycles. The van der Waals surface area contributed by atoms with Gasteiger partial charge in [0.05, 0.1) is 5.02 Å². The van der Waals surface area contributed by atoms with E-state index in [4.69, 9.17) is 11.6 Å². The third kappa shape index (κ3) is 4.77. The first kappa shape index (κ1) is 17.8. The fourth-order valence-electron chi connectivity index (χ4n) is 2.30. The summed E-state index contributed by atoms with van der Waals surface area (Å²) in [6.07, 6.45) is 0.857. The van der Waals surface area contributed by atoms with Crippen molar-refractivity contribution < 1.29 is 9.18 Å². The smallest absolute Gasteiger partial charge is 0.276 e. The molecule has 0 atom stereocenters. The van der Waals surface area contributed by atoms with E-state index in [1.165, 1.54) is 23.8 Å². The molecule has 0 bridgehead atoms. The summed E-state index contributed by atoms with van der Waals surface area (Å²) in [6.45, 7) is 0.707. The lowest BCUT2D eigenvalue weighted by Gasteiger charge is -2.07. The first-order valence-electron chi connectivity index (χ1n) is 8.00. The van der Waals surface area contributed by atoms with Crippen molar-refractivity contribution in [3.05, 3.63) is 82.8 Å². The molecule has 2 N–H and O–H groups in total. The van der Waals surface area contributed by atoms with Gasteiger partial charge in [0.2, 0.25) is 0 Å². The van der Waals surface area contributed by atoms with Crippen molar-refractivity contribution in [2.75, 3.05) is 17.2 Å². The minimum atomic E-state index is -0.546. The molecule has 2 aromatic carbocycles. The van der Waals surface area contributed by atoms with Gasteiger partial charge in [-0.2, -0.15) is 0 Å². The molecule has 3 aromatic rings. The summed E-state index contributed by atoms with van der Waals surface area (Å²) in [5, 5.41) is 13.6. The number of rotatable bonds is 6. The normalized spacial score (nSPS) is 10.4. The van der Waals surface area contributed by atoms with Crippen LogP contribution >= 0.6 is 11.6 Å². The third-order valence-corrected chi connectivity index (χ3v) is 3.93. The molecular formula is C19H16ClFN4O. The Labute approximate surface area is 155 Å². The van der Waals surface area contributed by atoms with Crippen LogP contribution in [-0.4, -0.2) is 22.6 Å². The highest BCUT2D eigenvalue weighted by Gasteiger charge is 2.10. The lowest BCUT2D eigenvalue weighted by atomic mass is 10.1. The van der Waals surface area contributed by atoms with Crippen molar-refractivity contribution in [3.63, 3.8) is 0 Å². The van der Waals surface area contributed by atoms with E-state index in [0.717, 1.165) is 6.42 Å². The number of halogens is 2. The molecule has 26 heavy (non-hydrogen) atoms. The number of aromatic nitrogens is 2. The zero-order valence-corrected chi connectivity index (χ0v) is 14.5. The lowest BCUT2D eigenvalue weighted by molar-refractivity contribution is 0.102. The number of hydrogen-bond donors (Lipinski definition) is 2. The fraction of sp³-hybridized carbons (Fsp3) is 0.105. The van der Waals surface area contributed by atoms with Gasteiger partial charge < -0.3 is 10.6 Å². The number of nitrogens with one attached hydrogen (secondary N) is 2. The van der Waals surface area contributed by atoms with Crippen molar-refractivity contribution in [3.8, 4) is 0 Å². The van der Waals surface area contributed by atoms with Gasteiger partial charge in [0.25, 0.3) is 5.91 Å². The Kier molecular flexibility index (Phi) is 5.76. The highest BCUT2D eigenvalue weighted by molar-refractivity contribution is 6.31. The number of anilines is 2. The SMILES string of the molecule is O=C(Nc1ccc(F)c(Cl)c1)c1ccc(NCCc2ccccc2)nn1. The summed E-state index contributed by atoms with van der Waals surface area (Å²) in [5.74, 6) is -0.409. The Balaban J connectivity index is 1.54. The number of amides is 1. The zero-order chi connectivity index (χ0) is 18.4. The molecule has 132 valence electrons. The van der Waals surface area contributed by atoms with Crippen LogP contribution in [0.25, 0.3) is 0 Å². The van der Waals surface area contributed by atoms with Crippen LogP contribution in [0.2, 0.25) is 5.02 Å². The van der Waals surface area contributed by atoms with Gasteiger partial charge in [0.15, 0.2) is 5.69 Å². The molecule has 0 aliphatic heterocycles. The van der Waals surface area contributed by atoms with Gasteiger partial charge in [-0.3, -0.25) is 4.79 Å². The summed E-state index contributed by atoms with van der Waals surface area (Å²) < 4.78 is 13.1. The molecule has 0 aliphatic carbocycles. The number of nitrogens with zero attached hydrogens (tertiary/aromatic N) is 2. The van der Waals surface area contributed by atoms with Gasteiger partial charge >= 0.3 is 0 Å². The number of hydrogen-bond acceptors (Lipinski definition) is 4. The third-order valence-electron chi connectivity index (χ3n) is 3.64. The molecule has 3 rings (SSSR count). The van der Waals surface area contributed by atoms with Gasteiger partial charge in [0, 0.05) is 12.2 Å². The maximum absolute atomic E-state index is 13.1. The first-order valence-corrected chi connectivity index (χ1v) is 8.37. The van der Waals surface area contributed by atoms with E-state index in [2.05, 4.69) is 33.0 Å². The maximum atomic E-state index is 13.1. The molecule has 0 unspecified atom stereocenters. The van der Waals surface area contributed by atoms with Crippen LogP contribution in [0.4, 0.5) is 15.9 Å². The van der Waals surface area contributed by atoms with E-state index >= 15 is 0 Å². The van der Waals surface area contributed by atoms with E-state index in [-0.39, 0.29) is 10.7 Å². The summed E-state index contributed by atoms with van der Waals surface area (Å²) in [6, 6.07) is 17.3. The predicted octanol–water partition coefficient (Wildman–Crippen LogP) is 4.18. The Morgan fingerprint density at radius 1 is 1.04 bits per heavy atom. The van der Waals surface area contributed by atoms with Crippen LogP contribution in [0, 0.1) is 5.82 Å². The molecular weight excluding hydrogens is 355 g/mol. The monoisotopic (exact) mass is 370 g/mol. The Morgan fingerprint density at radius 2 is 1.85 bits per heavy atom. The number of benzene rings is 2. The average molecular weight is 371 g/mol. The maximum Gasteiger partial charge on any atom is 0.276 e. The lowest BCUT2D eigenvalue weighted by Crippen LogP contribution is -2.15. The fourth-order valence-corrected chi connectivity index (χ4v) is 2.48. The predicted molar refractivity (Wildman–Crippen MR) is 100 cm³/mol. The molecule has 0 spiro atoms. The van der Waals surface area contributed by atoms with Crippen molar-refractivity contribution in [2.45, 2.75) is 6.42 Å². The van der Waals surface area contributed by atoms with Crippen LogP contribution in [0.5, 0.6) is 0 Å². The quantitative estimate of drug-likeness (QED) is 0.683. The zero-order valence-electron chi connectivity index (χ0n) is 13.7. The van der Waals surface area contributed by atoms with Gasteiger partial charge in [-0.15, -0.1) is 10.2 Å². The van der Waals surface area contributed by atoms with E-state index in [1.807, 2.05) is 18.2 Å². The second-order valence-electron chi connectivity index (χ2n) is 5.55. The van der Waals surface area contributed by atoms with Crippen LogP contribution in [0.1, 0.15) is 16.1 Å². The molecule has 7 heteroatoms. The topological polar surface area (TPSA) is 66.9 Å². The highest BCUT2D eigenvalue weighted by Crippen LogP contribution is 2.19. The van der Waals surface area contributed by atoms with E-state index < -0.39 is 11.7 Å². The van der Waals surface area contributed by atoms with Crippen molar-refractivity contribution >= 4 is 29.0 Å². The van der Waals surface area contributed by atoms with E-state index in [1.54, 1.807) is 12.1 Å². The van der Waals surface area contributed by atoms with Crippen LogP contribution in [-0.2, 0) is 6.42 Å². The number of carbonyl (C=O) groups excluding carboxylic acids is 1. The van der Waals surface area contributed by atoms with Crippen LogP contribution < -0.4 is 10.6 Å². The average Bonchev–Trinajstić information content (AvgIpc) is 2.66. The van der Waals surface area contributed by atoms with Gasteiger partial charge in [-0.05, 0) is 42.3 Å². The summed E-state index contributed by atoms with van der Waals surface area (Å²) in [7, 11) is 0. The van der Waals surface area contributed by atoms with Crippen molar-refractivity contribution in [1.82, 2.24) is 10.2 Å². The molecule has 0 aliphatic rings. The van der Waals surface area contributed by atoms with E-state index in [9.17, 15) is 9.18 Å². The number of carbonyl (C=O) groups is 1. The molecule has 1 aromatic heterocycles. The molecule has 0 radical (unpaired) electrons. The molecule has 0 saturated carbocycles. The van der Waals surface area contributed by atoms with Gasteiger partial charge in [-0.1, -0.05) is 41.9 Å². The summed E-state index contributed by atoms with van der Waals surface area (Å²) in [5.41, 5.74) is 1.76. The van der Waals surface area contributed by atoms with Crippen LogP contribution in [0.15, 0.2) is 60.7 Å². The van der Waals surface area contributed by atoms with Gasteiger partial charge in [0.1, 0.15) is 11.6 Å². The Morgan fingerprint density at radius 3 is 2.54 bits per heavy atom. The minimum Gasteiger partial charge on any atom is -0.368 e. The Bertz CT molecular complexity index is 888. The van der Waals surface area contributed by atoms with Crippen molar-refractivity contribution in [2.24, 2.45) is 0 Å². The molecule has 0 fully saturated rings. The standard InChI is InChI=1S/C19H16ClFN4O/c20-15-12-14(6-7-16(15)21)23-19(26)17-8-9-18(25-24-17)22-11-10-13-4-2-1-3-5-13/h1-9,12H,10-11H2,(H,22,25)(H,23,26). The van der Waals surface area contributed by atoms with E-state index in [0.29, 0.717) is 18.1 Å². The second-order valence-corrected chi connectivity index (χ2v) is 5.96. The summed E-state index contributed by atoms with van der Waals surface area (Å²) >= 11 is 5.69. The minimum absolute atomic E-state index is 0.0631. The first-order chi connectivity index (χ1) is 12.6. The highest BCUT2D eigenvalue weighted by atomic mass is 35.5. The van der Waals surface area contributed by atoms with Gasteiger partial charge in [-0.25, -0.2) is 4.39 Å². The van der Waals surface area contributed by atoms with Crippen molar-refractivity contribution in [1.29, 1.82) is 0 Å². The Hall–Kier alpha value is -2.99. The molecule has 1 amide bonds. The summed E-state index contributed by atoms with van der Waals surface area (Å²) in [4.78, 5) is 12.1. The largest absolute Gasteiger partial charge is 0.368 e. The molecule has 1 heterocycles. The second kappa shape index (κ2) is 8.40.